The van der Waals surface area contributed by atoms with E-state index in [9.17, 15) is 0 Å². The van der Waals surface area contributed by atoms with Gasteiger partial charge in [-0.3, -0.25) is 0 Å². The molecule has 2 aromatic carbocycles. The van der Waals surface area contributed by atoms with Gasteiger partial charge in [0.05, 0.1) is 11.4 Å². The summed E-state index contributed by atoms with van der Waals surface area (Å²) in [6, 6.07) is 13.7. The fourth-order valence-corrected chi connectivity index (χ4v) is 2.05. The summed E-state index contributed by atoms with van der Waals surface area (Å²) in [5, 5.41) is 3.32. The average molecular weight is 253 g/mol. The summed E-state index contributed by atoms with van der Waals surface area (Å²) >= 11 is 0. The summed E-state index contributed by atoms with van der Waals surface area (Å²) in [6.45, 7) is 2.55. The van der Waals surface area contributed by atoms with Gasteiger partial charge in [-0.1, -0.05) is 18.2 Å². The van der Waals surface area contributed by atoms with E-state index in [1.807, 2.05) is 49.4 Å². The number of nitrogen functional groups attached to an aromatic ring is 1. The number of oxazole rings is 1. The standard InChI is InChI=1S/C15H15N3O/c1-10-18-14-8-11(6-7-15(14)19-10)9-17-13-5-3-2-4-12(13)16/h2-8,17H,9,16H2,1H3. The lowest BCUT2D eigenvalue weighted by Gasteiger charge is -2.08. The Morgan fingerprint density at radius 1 is 1.21 bits per heavy atom. The van der Waals surface area contributed by atoms with E-state index in [-0.39, 0.29) is 0 Å². The van der Waals surface area contributed by atoms with Crippen molar-refractivity contribution in [2.24, 2.45) is 0 Å². The van der Waals surface area contributed by atoms with Crippen LogP contribution in [0.1, 0.15) is 11.5 Å². The zero-order valence-electron chi connectivity index (χ0n) is 10.7. The maximum Gasteiger partial charge on any atom is 0.192 e. The molecule has 0 spiro atoms. The zero-order chi connectivity index (χ0) is 13.2. The Hall–Kier alpha value is -2.49. The van der Waals surface area contributed by atoms with Gasteiger partial charge in [-0.05, 0) is 29.8 Å². The first-order valence-corrected chi connectivity index (χ1v) is 6.17. The molecule has 0 bridgehead atoms. The van der Waals surface area contributed by atoms with Crippen LogP contribution < -0.4 is 11.1 Å². The third-order valence-corrected chi connectivity index (χ3v) is 3.00. The highest BCUT2D eigenvalue weighted by Gasteiger charge is 2.03. The highest BCUT2D eigenvalue weighted by Crippen LogP contribution is 2.20. The van der Waals surface area contributed by atoms with Gasteiger partial charge in [-0.15, -0.1) is 0 Å². The quantitative estimate of drug-likeness (QED) is 0.703. The smallest absolute Gasteiger partial charge is 0.192 e. The van der Waals surface area contributed by atoms with Crippen LogP contribution in [0.25, 0.3) is 11.1 Å². The van der Waals surface area contributed by atoms with E-state index in [1.54, 1.807) is 0 Å². The summed E-state index contributed by atoms with van der Waals surface area (Å²) in [4.78, 5) is 4.33. The monoisotopic (exact) mass is 253 g/mol. The summed E-state index contributed by atoms with van der Waals surface area (Å²) in [7, 11) is 0. The number of anilines is 2. The van der Waals surface area contributed by atoms with Gasteiger partial charge in [0.1, 0.15) is 5.52 Å². The summed E-state index contributed by atoms with van der Waals surface area (Å²) in [5.74, 6) is 0.687. The number of fused-ring (bicyclic) bond motifs is 1. The fourth-order valence-electron chi connectivity index (χ4n) is 2.05. The Balaban J connectivity index is 1.80. The molecule has 0 saturated heterocycles. The van der Waals surface area contributed by atoms with Crippen LogP contribution >= 0.6 is 0 Å². The Bertz CT molecular complexity index is 718. The molecule has 1 heterocycles. The minimum Gasteiger partial charge on any atom is -0.441 e. The van der Waals surface area contributed by atoms with Gasteiger partial charge < -0.3 is 15.5 Å². The Kier molecular flexibility index (Phi) is 2.83. The highest BCUT2D eigenvalue weighted by atomic mass is 16.3. The number of benzene rings is 2. The minimum absolute atomic E-state index is 0.687. The lowest BCUT2D eigenvalue weighted by atomic mass is 10.2. The Morgan fingerprint density at radius 3 is 2.89 bits per heavy atom. The van der Waals surface area contributed by atoms with Crippen LogP contribution in [0.2, 0.25) is 0 Å². The number of rotatable bonds is 3. The summed E-state index contributed by atoms with van der Waals surface area (Å²) in [6.07, 6.45) is 0. The lowest BCUT2D eigenvalue weighted by molar-refractivity contribution is 0.561. The van der Waals surface area contributed by atoms with Crippen molar-refractivity contribution in [2.75, 3.05) is 11.1 Å². The molecule has 19 heavy (non-hydrogen) atoms. The SMILES string of the molecule is Cc1nc2cc(CNc3ccccc3N)ccc2o1. The van der Waals surface area contributed by atoms with Crippen molar-refractivity contribution in [1.29, 1.82) is 0 Å². The molecule has 0 amide bonds. The third kappa shape index (κ3) is 2.38. The molecule has 4 heteroatoms. The van der Waals surface area contributed by atoms with Gasteiger partial charge in [-0.2, -0.15) is 0 Å². The van der Waals surface area contributed by atoms with Gasteiger partial charge in [0.25, 0.3) is 0 Å². The molecule has 0 fully saturated rings. The molecule has 4 nitrogen and oxygen atoms in total. The number of para-hydroxylation sites is 2. The van der Waals surface area contributed by atoms with Gasteiger partial charge >= 0.3 is 0 Å². The molecule has 3 N–H and O–H groups in total. The third-order valence-electron chi connectivity index (χ3n) is 3.00. The second-order valence-corrected chi connectivity index (χ2v) is 4.48. The van der Waals surface area contributed by atoms with Gasteiger partial charge in [0, 0.05) is 13.5 Å². The van der Waals surface area contributed by atoms with Crippen LogP contribution in [0, 0.1) is 6.92 Å². The fraction of sp³-hybridized carbons (Fsp3) is 0.133. The van der Waals surface area contributed by atoms with E-state index in [1.165, 1.54) is 0 Å². The summed E-state index contributed by atoms with van der Waals surface area (Å²) in [5.41, 5.74) is 10.4. The van der Waals surface area contributed by atoms with E-state index < -0.39 is 0 Å². The molecule has 3 rings (SSSR count). The molecule has 0 unspecified atom stereocenters. The molecular formula is C15H15N3O. The zero-order valence-corrected chi connectivity index (χ0v) is 10.7. The van der Waals surface area contributed by atoms with E-state index in [4.69, 9.17) is 10.2 Å². The van der Waals surface area contributed by atoms with Crippen LogP contribution in [0.3, 0.4) is 0 Å². The molecule has 0 saturated carbocycles. The van der Waals surface area contributed by atoms with E-state index >= 15 is 0 Å². The molecule has 96 valence electrons. The van der Waals surface area contributed by atoms with Crippen LogP contribution in [0.4, 0.5) is 11.4 Å². The Morgan fingerprint density at radius 2 is 2.05 bits per heavy atom. The minimum atomic E-state index is 0.687. The maximum absolute atomic E-state index is 5.89. The number of hydrogen-bond acceptors (Lipinski definition) is 4. The van der Waals surface area contributed by atoms with Crippen LogP contribution in [-0.2, 0) is 6.54 Å². The van der Waals surface area contributed by atoms with Crippen molar-refractivity contribution in [1.82, 2.24) is 4.98 Å². The van der Waals surface area contributed by atoms with Crippen molar-refractivity contribution >= 4 is 22.5 Å². The van der Waals surface area contributed by atoms with E-state index in [0.29, 0.717) is 12.4 Å². The number of nitrogens with one attached hydrogen (secondary N) is 1. The van der Waals surface area contributed by atoms with Crippen LogP contribution in [0.5, 0.6) is 0 Å². The van der Waals surface area contributed by atoms with Gasteiger partial charge in [0.15, 0.2) is 11.5 Å². The lowest BCUT2D eigenvalue weighted by Crippen LogP contribution is -2.02. The summed E-state index contributed by atoms with van der Waals surface area (Å²) < 4.78 is 5.45. The van der Waals surface area contributed by atoms with E-state index in [2.05, 4.69) is 10.3 Å². The second kappa shape index (κ2) is 4.65. The predicted octanol–water partition coefficient (Wildman–Crippen LogP) is 3.33. The Labute approximate surface area is 111 Å². The van der Waals surface area contributed by atoms with Crippen molar-refractivity contribution in [3.05, 3.63) is 53.9 Å². The first-order valence-electron chi connectivity index (χ1n) is 6.17. The number of aryl methyl sites for hydroxylation is 1. The number of nitrogens with two attached hydrogens (primary N) is 1. The van der Waals surface area contributed by atoms with Gasteiger partial charge in [0.2, 0.25) is 0 Å². The first kappa shape index (κ1) is 11.6. The predicted molar refractivity (Wildman–Crippen MR) is 76.9 cm³/mol. The van der Waals surface area contributed by atoms with Gasteiger partial charge in [-0.25, -0.2) is 4.98 Å². The number of aromatic nitrogens is 1. The molecular weight excluding hydrogens is 238 g/mol. The molecule has 0 aliphatic rings. The largest absolute Gasteiger partial charge is 0.441 e. The molecule has 0 aliphatic heterocycles. The van der Waals surface area contributed by atoms with Crippen molar-refractivity contribution in [2.45, 2.75) is 13.5 Å². The maximum atomic E-state index is 5.89. The molecule has 0 radical (unpaired) electrons. The van der Waals surface area contributed by atoms with Crippen molar-refractivity contribution < 1.29 is 4.42 Å². The van der Waals surface area contributed by atoms with Crippen molar-refractivity contribution in [3.8, 4) is 0 Å². The van der Waals surface area contributed by atoms with Crippen LogP contribution in [0.15, 0.2) is 46.9 Å². The van der Waals surface area contributed by atoms with Crippen LogP contribution in [-0.4, -0.2) is 4.98 Å². The average Bonchev–Trinajstić information content (AvgIpc) is 2.77. The highest BCUT2D eigenvalue weighted by molar-refractivity contribution is 5.73. The number of hydrogen-bond donors (Lipinski definition) is 2. The normalized spacial score (nSPS) is 10.8. The second-order valence-electron chi connectivity index (χ2n) is 4.48. The molecule has 1 aromatic heterocycles. The molecule has 0 atom stereocenters. The van der Waals surface area contributed by atoms with Crippen molar-refractivity contribution in [3.63, 3.8) is 0 Å². The number of nitrogens with zero attached hydrogens (tertiary/aromatic N) is 1. The van der Waals surface area contributed by atoms with E-state index in [0.717, 1.165) is 28.0 Å². The topological polar surface area (TPSA) is 64.1 Å². The molecule has 0 aliphatic carbocycles. The first-order chi connectivity index (χ1) is 9.22. The molecule has 3 aromatic rings.